The summed E-state index contributed by atoms with van der Waals surface area (Å²) in [6.07, 6.45) is 0.406. The lowest BCUT2D eigenvalue weighted by atomic mass is 10.1. The third-order valence-corrected chi connectivity index (χ3v) is 4.74. The number of thiophene rings is 1. The summed E-state index contributed by atoms with van der Waals surface area (Å²) in [6, 6.07) is 1.16. The van der Waals surface area contributed by atoms with Crippen LogP contribution in [0.25, 0.3) is 0 Å². The van der Waals surface area contributed by atoms with E-state index in [1.165, 1.54) is 9.75 Å². The Morgan fingerprint density at radius 2 is 1.81 bits per heavy atom. The molecule has 114 valence electrons. The van der Waals surface area contributed by atoms with Crippen LogP contribution in [0.15, 0.2) is 6.07 Å². The van der Waals surface area contributed by atoms with Crippen LogP contribution < -0.4 is 5.32 Å². The molecule has 1 saturated heterocycles. The summed E-state index contributed by atoms with van der Waals surface area (Å²) in [5.74, 6) is -0.829. The van der Waals surface area contributed by atoms with E-state index in [9.17, 15) is 14.4 Å². The molecule has 6 heteroatoms. The maximum atomic E-state index is 12.3. The van der Waals surface area contributed by atoms with Crippen LogP contribution in [-0.2, 0) is 14.4 Å². The number of carbonyl (C=O) groups is 3. The molecule has 0 saturated carbocycles. The molecule has 2 atom stereocenters. The Labute approximate surface area is 128 Å². The number of aryl methyl sites for hydroxylation is 2. The number of likely N-dealkylation sites (tertiary alicyclic amines) is 1. The molecule has 21 heavy (non-hydrogen) atoms. The first-order valence-corrected chi connectivity index (χ1v) is 7.85. The second kappa shape index (κ2) is 5.97. The molecule has 0 aliphatic carbocycles. The Morgan fingerprint density at radius 1 is 1.24 bits per heavy atom. The molecule has 0 aromatic carbocycles. The van der Waals surface area contributed by atoms with Gasteiger partial charge in [-0.25, -0.2) is 0 Å². The summed E-state index contributed by atoms with van der Waals surface area (Å²) in [7, 11) is 0. The zero-order valence-corrected chi connectivity index (χ0v) is 13.5. The van der Waals surface area contributed by atoms with E-state index >= 15 is 0 Å². The molecule has 3 amide bonds. The van der Waals surface area contributed by atoms with Crippen molar-refractivity contribution >= 4 is 29.1 Å². The highest BCUT2D eigenvalue weighted by Crippen LogP contribution is 2.26. The molecular formula is C15H20N2O3S. The van der Waals surface area contributed by atoms with Gasteiger partial charge in [-0.1, -0.05) is 0 Å². The van der Waals surface area contributed by atoms with Gasteiger partial charge in [-0.05, 0) is 39.3 Å². The minimum atomic E-state index is -0.755. The van der Waals surface area contributed by atoms with Gasteiger partial charge in [0.05, 0.1) is 6.04 Å². The van der Waals surface area contributed by atoms with Gasteiger partial charge in [0.15, 0.2) is 0 Å². The molecule has 1 aliphatic heterocycles. The maximum absolute atomic E-state index is 12.3. The van der Waals surface area contributed by atoms with Gasteiger partial charge >= 0.3 is 0 Å². The van der Waals surface area contributed by atoms with E-state index < -0.39 is 6.04 Å². The van der Waals surface area contributed by atoms with Crippen molar-refractivity contribution in [2.75, 3.05) is 0 Å². The number of hydrogen-bond acceptors (Lipinski definition) is 4. The monoisotopic (exact) mass is 308 g/mol. The Balaban J connectivity index is 2.05. The summed E-state index contributed by atoms with van der Waals surface area (Å²) < 4.78 is 0. The molecule has 0 radical (unpaired) electrons. The predicted octanol–water partition coefficient (Wildman–Crippen LogP) is 2.08. The quantitative estimate of drug-likeness (QED) is 0.866. The fourth-order valence-corrected chi connectivity index (χ4v) is 3.66. The lowest BCUT2D eigenvalue weighted by molar-refractivity contribution is -0.146. The molecule has 0 bridgehead atoms. The van der Waals surface area contributed by atoms with Gasteiger partial charge in [-0.3, -0.25) is 19.3 Å². The largest absolute Gasteiger partial charge is 0.348 e. The van der Waals surface area contributed by atoms with Crippen LogP contribution in [0.5, 0.6) is 0 Å². The lowest BCUT2D eigenvalue weighted by Crippen LogP contribution is -2.48. The molecule has 2 rings (SSSR count). The van der Waals surface area contributed by atoms with E-state index in [4.69, 9.17) is 0 Å². The van der Waals surface area contributed by atoms with Crippen LogP contribution in [0.4, 0.5) is 0 Å². The average molecular weight is 308 g/mol. The van der Waals surface area contributed by atoms with Gasteiger partial charge in [-0.15, -0.1) is 11.3 Å². The summed E-state index contributed by atoms with van der Waals surface area (Å²) in [6.45, 7) is 7.55. The standard InChI is InChI=1S/C15H20N2O3S/c1-8-7-12(11(4)21-8)9(2)16-15(20)10(3)17-13(18)5-6-14(17)19/h7,9-10H,5-6H2,1-4H3,(H,16,20)/t9-,10+/m1/s1. The first kappa shape index (κ1) is 15.7. The van der Waals surface area contributed by atoms with E-state index in [0.29, 0.717) is 0 Å². The highest BCUT2D eigenvalue weighted by molar-refractivity contribution is 7.12. The molecule has 5 nitrogen and oxygen atoms in total. The Kier molecular flexibility index (Phi) is 4.46. The number of amides is 3. The van der Waals surface area contributed by atoms with Gasteiger partial charge in [-0.2, -0.15) is 0 Å². The first-order chi connectivity index (χ1) is 9.81. The van der Waals surface area contributed by atoms with Crippen LogP contribution in [0.2, 0.25) is 0 Å². The minimum Gasteiger partial charge on any atom is -0.348 e. The molecule has 2 heterocycles. The van der Waals surface area contributed by atoms with Crippen LogP contribution in [-0.4, -0.2) is 28.7 Å². The van der Waals surface area contributed by atoms with E-state index in [1.54, 1.807) is 18.3 Å². The molecule has 1 aliphatic rings. The number of nitrogens with one attached hydrogen (secondary N) is 1. The van der Waals surface area contributed by atoms with Crippen molar-refractivity contribution in [2.24, 2.45) is 0 Å². The van der Waals surface area contributed by atoms with Gasteiger partial charge < -0.3 is 5.32 Å². The van der Waals surface area contributed by atoms with E-state index in [2.05, 4.69) is 11.4 Å². The van der Waals surface area contributed by atoms with Crippen molar-refractivity contribution in [1.29, 1.82) is 0 Å². The second-order valence-corrected chi connectivity index (χ2v) is 6.89. The molecule has 1 N–H and O–H groups in total. The molecule has 1 fully saturated rings. The van der Waals surface area contributed by atoms with Gasteiger partial charge in [0.1, 0.15) is 6.04 Å². The van der Waals surface area contributed by atoms with Crippen molar-refractivity contribution in [3.63, 3.8) is 0 Å². The number of imide groups is 1. The number of nitrogens with zero attached hydrogens (tertiary/aromatic N) is 1. The second-order valence-electron chi connectivity index (χ2n) is 5.43. The summed E-state index contributed by atoms with van der Waals surface area (Å²) >= 11 is 1.69. The third-order valence-electron chi connectivity index (χ3n) is 3.76. The smallest absolute Gasteiger partial charge is 0.243 e. The maximum Gasteiger partial charge on any atom is 0.243 e. The molecule has 0 spiro atoms. The average Bonchev–Trinajstić information content (AvgIpc) is 2.91. The Hall–Kier alpha value is -1.69. The number of carbonyl (C=O) groups excluding carboxylic acids is 3. The van der Waals surface area contributed by atoms with Crippen molar-refractivity contribution in [3.8, 4) is 0 Å². The highest BCUT2D eigenvalue weighted by Gasteiger charge is 2.36. The van der Waals surface area contributed by atoms with Crippen LogP contribution in [0.3, 0.4) is 0 Å². The summed E-state index contributed by atoms with van der Waals surface area (Å²) in [5, 5.41) is 2.89. The molecule has 0 unspecified atom stereocenters. The SMILES string of the molecule is Cc1cc([C@@H](C)NC(=O)[C@H](C)N2C(=O)CCC2=O)c(C)s1. The first-order valence-electron chi connectivity index (χ1n) is 7.03. The zero-order valence-electron chi connectivity index (χ0n) is 12.7. The van der Waals surface area contributed by atoms with Crippen LogP contribution in [0, 0.1) is 13.8 Å². The van der Waals surface area contributed by atoms with E-state index in [0.717, 1.165) is 10.5 Å². The minimum absolute atomic E-state index is 0.141. The van der Waals surface area contributed by atoms with Crippen LogP contribution >= 0.6 is 11.3 Å². The number of hydrogen-bond donors (Lipinski definition) is 1. The topological polar surface area (TPSA) is 66.5 Å². The third kappa shape index (κ3) is 3.15. The zero-order chi connectivity index (χ0) is 15.7. The van der Waals surface area contributed by atoms with E-state index in [-0.39, 0.29) is 36.6 Å². The highest BCUT2D eigenvalue weighted by atomic mass is 32.1. The Morgan fingerprint density at radius 3 is 2.29 bits per heavy atom. The van der Waals surface area contributed by atoms with Gasteiger partial charge in [0.2, 0.25) is 17.7 Å². The van der Waals surface area contributed by atoms with Crippen molar-refractivity contribution in [2.45, 2.75) is 52.6 Å². The molecule has 1 aromatic rings. The van der Waals surface area contributed by atoms with Crippen molar-refractivity contribution < 1.29 is 14.4 Å². The normalized spacial score (nSPS) is 18.0. The van der Waals surface area contributed by atoms with Crippen molar-refractivity contribution in [3.05, 3.63) is 21.4 Å². The fourth-order valence-electron chi connectivity index (χ4n) is 2.64. The summed E-state index contributed by atoms with van der Waals surface area (Å²) in [4.78, 5) is 39.1. The Bertz CT molecular complexity index is 578. The fraction of sp³-hybridized carbons (Fsp3) is 0.533. The lowest BCUT2D eigenvalue weighted by Gasteiger charge is -2.24. The van der Waals surface area contributed by atoms with Crippen molar-refractivity contribution in [1.82, 2.24) is 10.2 Å². The van der Waals surface area contributed by atoms with Crippen LogP contribution in [0.1, 0.15) is 48.0 Å². The van der Waals surface area contributed by atoms with E-state index in [1.807, 2.05) is 20.8 Å². The van der Waals surface area contributed by atoms with Gasteiger partial charge in [0, 0.05) is 22.6 Å². The summed E-state index contributed by atoms with van der Waals surface area (Å²) in [5.41, 5.74) is 1.08. The molecular weight excluding hydrogens is 288 g/mol. The number of rotatable bonds is 4. The van der Waals surface area contributed by atoms with Gasteiger partial charge in [0.25, 0.3) is 0 Å². The predicted molar refractivity (Wildman–Crippen MR) is 80.9 cm³/mol. The molecule has 1 aromatic heterocycles.